The standard InChI is InChI=1S/C66H47N/c1-5-17-48(18-6-1)52-29-33-54(34-30-52)63-25-13-15-27-65(63)56-37-41-60(42-38-56)67(62-46-58(50-21-9-3-10-22-50)45-59(47-62)51-23-11-4-12-24-51)61-43-39-57(40-44-61)66-28-16-14-26-64(66)55-35-31-53(32-36-55)49-19-7-2-8-20-49/h1-47H. The van der Waals surface area contributed by atoms with Crippen molar-refractivity contribution in [1.29, 1.82) is 0 Å². The summed E-state index contributed by atoms with van der Waals surface area (Å²) >= 11 is 0. The minimum absolute atomic E-state index is 1.07. The number of nitrogens with zero attached hydrogens (tertiary/aromatic N) is 1. The van der Waals surface area contributed by atoms with E-state index in [0.717, 1.165) is 28.2 Å². The first kappa shape index (κ1) is 41.0. The second-order valence-corrected chi connectivity index (χ2v) is 16.9. The van der Waals surface area contributed by atoms with Gasteiger partial charge in [0.15, 0.2) is 0 Å². The average Bonchev–Trinajstić information content (AvgIpc) is 3.42. The Kier molecular flexibility index (Phi) is 11.5. The highest BCUT2D eigenvalue weighted by Gasteiger charge is 2.18. The second kappa shape index (κ2) is 18.7. The third-order valence-electron chi connectivity index (χ3n) is 12.7. The fourth-order valence-electron chi connectivity index (χ4n) is 9.28. The summed E-state index contributed by atoms with van der Waals surface area (Å²) in [5.74, 6) is 0. The van der Waals surface area contributed by atoms with E-state index in [0.29, 0.717) is 0 Å². The molecule has 0 aromatic heterocycles. The highest BCUT2D eigenvalue weighted by molar-refractivity contribution is 5.90. The Bertz CT molecular complexity index is 3150. The van der Waals surface area contributed by atoms with Crippen LogP contribution in [0.5, 0.6) is 0 Å². The molecule has 11 aromatic carbocycles. The number of hydrogen-bond acceptors (Lipinski definition) is 1. The predicted molar refractivity (Wildman–Crippen MR) is 285 cm³/mol. The van der Waals surface area contributed by atoms with E-state index in [-0.39, 0.29) is 0 Å². The van der Waals surface area contributed by atoms with Gasteiger partial charge < -0.3 is 4.90 Å². The number of benzene rings is 11. The highest BCUT2D eigenvalue weighted by Crippen LogP contribution is 2.43. The van der Waals surface area contributed by atoms with E-state index in [1.165, 1.54) is 77.9 Å². The lowest BCUT2D eigenvalue weighted by Gasteiger charge is -2.27. The summed E-state index contributed by atoms with van der Waals surface area (Å²) in [7, 11) is 0. The summed E-state index contributed by atoms with van der Waals surface area (Å²) in [6, 6.07) is 103. The molecule has 0 spiro atoms. The molecule has 0 unspecified atom stereocenters. The molecule has 1 heteroatoms. The van der Waals surface area contributed by atoms with Gasteiger partial charge in [-0.25, -0.2) is 0 Å². The van der Waals surface area contributed by atoms with Crippen LogP contribution in [-0.4, -0.2) is 0 Å². The Morgan fingerprint density at radius 2 is 0.373 bits per heavy atom. The normalized spacial score (nSPS) is 11.0. The molecule has 11 rings (SSSR count). The maximum Gasteiger partial charge on any atom is 0.0473 e. The molecule has 0 saturated carbocycles. The van der Waals surface area contributed by atoms with E-state index in [1.807, 2.05) is 0 Å². The van der Waals surface area contributed by atoms with Gasteiger partial charge in [0.1, 0.15) is 0 Å². The topological polar surface area (TPSA) is 3.24 Å². The molecule has 1 nitrogen and oxygen atoms in total. The van der Waals surface area contributed by atoms with Crippen LogP contribution in [0.1, 0.15) is 0 Å². The molecule has 11 aromatic rings. The smallest absolute Gasteiger partial charge is 0.0473 e. The van der Waals surface area contributed by atoms with Crippen LogP contribution in [-0.2, 0) is 0 Å². The highest BCUT2D eigenvalue weighted by atomic mass is 15.1. The van der Waals surface area contributed by atoms with Gasteiger partial charge >= 0.3 is 0 Å². The van der Waals surface area contributed by atoms with Crippen molar-refractivity contribution in [1.82, 2.24) is 0 Å². The molecule has 0 heterocycles. The summed E-state index contributed by atoms with van der Waals surface area (Å²) in [5.41, 5.74) is 22.3. The third-order valence-corrected chi connectivity index (χ3v) is 12.7. The third kappa shape index (κ3) is 8.75. The van der Waals surface area contributed by atoms with E-state index >= 15 is 0 Å². The first-order valence-electron chi connectivity index (χ1n) is 23.0. The molecule has 0 atom stereocenters. The van der Waals surface area contributed by atoms with Crippen LogP contribution in [0.2, 0.25) is 0 Å². The fourth-order valence-corrected chi connectivity index (χ4v) is 9.28. The van der Waals surface area contributed by atoms with Gasteiger partial charge in [-0.3, -0.25) is 0 Å². The van der Waals surface area contributed by atoms with E-state index in [4.69, 9.17) is 0 Å². The minimum atomic E-state index is 1.07. The summed E-state index contributed by atoms with van der Waals surface area (Å²) in [5, 5.41) is 0. The van der Waals surface area contributed by atoms with Crippen molar-refractivity contribution in [2.24, 2.45) is 0 Å². The maximum absolute atomic E-state index is 2.40. The van der Waals surface area contributed by atoms with Crippen molar-refractivity contribution >= 4 is 17.1 Å². The SMILES string of the molecule is c1ccc(-c2ccc(-c3ccccc3-c3ccc(N(c4ccc(-c5ccccc5-c5ccc(-c6ccccc6)cc5)cc4)c4cc(-c5ccccc5)cc(-c5ccccc5)c4)cc3)cc2)cc1. The van der Waals surface area contributed by atoms with Gasteiger partial charge in [-0.2, -0.15) is 0 Å². The van der Waals surface area contributed by atoms with Crippen LogP contribution in [0.25, 0.3) is 89.0 Å². The fraction of sp³-hybridized carbons (Fsp3) is 0. The van der Waals surface area contributed by atoms with E-state index in [1.54, 1.807) is 0 Å². The second-order valence-electron chi connectivity index (χ2n) is 16.9. The number of rotatable bonds is 11. The van der Waals surface area contributed by atoms with E-state index in [2.05, 4.69) is 290 Å². The Morgan fingerprint density at radius 3 is 0.672 bits per heavy atom. The zero-order valence-electron chi connectivity index (χ0n) is 37.1. The molecule has 0 saturated heterocycles. The quantitative estimate of drug-likeness (QED) is 0.125. The Hall–Kier alpha value is -8.78. The molecule has 0 aliphatic heterocycles. The Balaban J connectivity index is 0.990. The zero-order chi connectivity index (χ0) is 44.8. The molecule has 0 aliphatic rings. The molecule has 0 fully saturated rings. The monoisotopic (exact) mass is 853 g/mol. The van der Waals surface area contributed by atoms with E-state index in [9.17, 15) is 0 Å². The Morgan fingerprint density at radius 1 is 0.149 bits per heavy atom. The summed E-state index contributed by atoms with van der Waals surface area (Å²) in [6.45, 7) is 0. The van der Waals surface area contributed by atoms with Crippen LogP contribution in [0.15, 0.2) is 285 Å². The van der Waals surface area contributed by atoms with Gasteiger partial charge in [0.2, 0.25) is 0 Å². The van der Waals surface area contributed by atoms with Crippen LogP contribution in [0.3, 0.4) is 0 Å². The minimum Gasteiger partial charge on any atom is -0.310 e. The van der Waals surface area contributed by atoms with Gasteiger partial charge in [-0.1, -0.05) is 243 Å². The van der Waals surface area contributed by atoms with Gasteiger partial charge in [-0.15, -0.1) is 0 Å². The molecule has 0 amide bonds. The molecular weight excluding hydrogens is 807 g/mol. The van der Waals surface area contributed by atoms with Gasteiger partial charge in [-0.05, 0) is 131 Å². The molecule has 0 bridgehead atoms. The Labute approximate surface area is 394 Å². The average molecular weight is 854 g/mol. The van der Waals surface area contributed by atoms with Gasteiger partial charge in [0.25, 0.3) is 0 Å². The first-order chi connectivity index (χ1) is 33.2. The molecule has 0 aliphatic carbocycles. The molecular formula is C66H47N. The largest absolute Gasteiger partial charge is 0.310 e. The van der Waals surface area contributed by atoms with Crippen LogP contribution >= 0.6 is 0 Å². The molecule has 67 heavy (non-hydrogen) atoms. The van der Waals surface area contributed by atoms with Gasteiger partial charge in [0.05, 0.1) is 0 Å². The first-order valence-corrected chi connectivity index (χ1v) is 23.0. The van der Waals surface area contributed by atoms with Crippen LogP contribution in [0.4, 0.5) is 17.1 Å². The maximum atomic E-state index is 2.40. The molecule has 0 N–H and O–H groups in total. The van der Waals surface area contributed by atoms with Crippen molar-refractivity contribution < 1.29 is 0 Å². The lowest BCUT2D eigenvalue weighted by atomic mass is 9.93. The summed E-state index contributed by atoms with van der Waals surface area (Å²) < 4.78 is 0. The molecule has 316 valence electrons. The lowest BCUT2D eigenvalue weighted by Crippen LogP contribution is -2.10. The van der Waals surface area contributed by atoms with Crippen LogP contribution < -0.4 is 4.90 Å². The van der Waals surface area contributed by atoms with Crippen molar-refractivity contribution in [3.63, 3.8) is 0 Å². The van der Waals surface area contributed by atoms with Crippen molar-refractivity contribution in [2.75, 3.05) is 4.90 Å². The van der Waals surface area contributed by atoms with E-state index < -0.39 is 0 Å². The van der Waals surface area contributed by atoms with Crippen LogP contribution in [0, 0.1) is 0 Å². The van der Waals surface area contributed by atoms with Gasteiger partial charge in [0, 0.05) is 17.1 Å². The predicted octanol–water partition coefficient (Wildman–Crippen LogP) is 18.5. The van der Waals surface area contributed by atoms with Crippen molar-refractivity contribution in [3.05, 3.63) is 285 Å². The van der Waals surface area contributed by atoms with Crippen molar-refractivity contribution in [2.45, 2.75) is 0 Å². The molecule has 0 radical (unpaired) electrons. The number of hydrogen-bond donors (Lipinski definition) is 0. The number of anilines is 3. The van der Waals surface area contributed by atoms with Crippen molar-refractivity contribution in [3.8, 4) is 89.0 Å². The lowest BCUT2D eigenvalue weighted by molar-refractivity contribution is 1.28. The summed E-state index contributed by atoms with van der Waals surface area (Å²) in [4.78, 5) is 2.40. The summed E-state index contributed by atoms with van der Waals surface area (Å²) in [6.07, 6.45) is 0. The zero-order valence-corrected chi connectivity index (χ0v) is 37.1.